The van der Waals surface area contributed by atoms with Crippen molar-refractivity contribution in [2.45, 2.75) is 57.3 Å². The summed E-state index contributed by atoms with van der Waals surface area (Å²) in [5.74, 6) is -2.57. The monoisotopic (exact) mass is 855 g/mol. The molecule has 2 aliphatic rings. The fourth-order valence-electron chi connectivity index (χ4n) is 4.67. The minimum absolute atomic E-state index is 0.0342. The van der Waals surface area contributed by atoms with Gasteiger partial charge in [0.05, 0.1) is 19.9 Å². The molecule has 3 heterocycles. The Morgan fingerprint density at radius 1 is 1.11 bits per heavy atom. The molecule has 0 bridgehead atoms. The number of fused-ring (bicyclic) bond motifs is 1. The van der Waals surface area contributed by atoms with E-state index in [1.54, 1.807) is 0 Å². The van der Waals surface area contributed by atoms with Crippen LogP contribution in [0.5, 0.6) is 0 Å². The van der Waals surface area contributed by atoms with Crippen molar-refractivity contribution in [3.63, 3.8) is 0 Å². The number of aliphatic carboxylic acids is 1. The second-order valence-corrected chi connectivity index (χ2v) is 17.4. The van der Waals surface area contributed by atoms with Gasteiger partial charge in [-0.25, -0.2) is 23.7 Å². The molecule has 1 fully saturated rings. The molecule has 26 nitrogen and oxygen atoms in total. The first-order valence-electron chi connectivity index (χ1n) is 15.4. The third kappa shape index (κ3) is 13.7. The van der Waals surface area contributed by atoms with Crippen molar-refractivity contribution in [3.05, 3.63) is 6.33 Å². The van der Waals surface area contributed by atoms with Crippen molar-refractivity contribution < 1.29 is 90.4 Å². The normalized spacial score (nSPS) is 22.7. The molecule has 2 unspecified atom stereocenters. The average Bonchev–Trinajstić information content (AvgIpc) is 3.60. The number of ether oxygens (including phenoxy) is 1. The minimum Gasteiger partial charge on any atom is -0.481 e. The van der Waals surface area contributed by atoms with Crippen molar-refractivity contribution in [1.29, 1.82) is 0 Å². The lowest BCUT2D eigenvalue weighted by Gasteiger charge is -2.30. The summed E-state index contributed by atoms with van der Waals surface area (Å²) in [5, 5.41) is 36.9. The molecule has 0 aromatic carbocycles. The van der Waals surface area contributed by atoms with Gasteiger partial charge >= 0.3 is 29.4 Å². The van der Waals surface area contributed by atoms with Crippen LogP contribution >= 0.6 is 35.2 Å². The number of aromatic nitrogens is 2. The number of nitrogens with one attached hydrogen (secondary N) is 3. The Kier molecular flexibility index (Phi) is 15.9. The Balaban J connectivity index is 1.49. The Morgan fingerprint density at radius 3 is 2.43 bits per heavy atom. The predicted molar refractivity (Wildman–Crippen MR) is 182 cm³/mol. The zero-order valence-electron chi connectivity index (χ0n) is 28.3. The van der Waals surface area contributed by atoms with E-state index in [9.17, 15) is 62.7 Å². The number of phosphoric acid groups is 3. The number of nitrogens with two attached hydrogens (primary N) is 1. The number of carboxylic acids is 1. The highest BCUT2D eigenvalue weighted by molar-refractivity contribution is 8.13. The van der Waals surface area contributed by atoms with Crippen molar-refractivity contribution in [2.75, 3.05) is 54.7 Å². The van der Waals surface area contributed by atoms with Crippen LogP contribution in [0.1, 0.15) is 26.7 Å². The number of amides is 2. The van der Waals surface area contributed by atoms with E-state index in [1.807, 2.05) is 0 Å². The molecule has 1 aromatic heterocycles. The van der Waals surface area contributed by atoms with E-state index < -0.39 is 102 Å². The maximum Gasteiger partial charge on any atom is 0.481 e. The highest BCUT2D eigenvalue weighted by atomic mass is 32.2. The zero-order chi connectivity index (χ0) is 40.6. The summed E-state index contributed by atoms with van der Waals surface area (Å²) >= 11 is 0.720. The molecule has 54 heavy (non-hydrogen) atoms. The summed E-state index contributed by atoms with van der Waals surface area (Å²) in [4.78, 5) is 94.4. The lowest BCUT2D eigenvalue weighted by Crippen LogP contribution is -2.46. The molecule has 12 N–H and O–H groups in total. The highest BCUT2D eigenvalue weighted by Gasteiger charge is 2.52. The van der Waals surface area contributed by atoms with Gasteiger partial charge in [0.15, 0.2) is 23.0 Å². The standard InChI is InChI=1S/C24H40N7O19P3S/c1-24(2,19(37)22(38)27-4-3-13(32)26-5-6-54-15(35)7-14(33)34)9-47-53(44,45)50-52(42,43)46-8-12-18(49-51(39,40)41)17(36)23(48-12)31-11-30-16-20(25)28-10-29-21(16)31/h10,12,17-19,23,30,36-37H,3-9,11H2,1-2H3,(H,26,32)(H,27,38)(H,33,34)(H,42,43)(H,44,45)(H2,25,28,29)(H2,39,40,41)/t12-,17-,18-,19+,23-/m1/s1. The van der Waals surface area contributed by atoms with Gasteiger partial charge in [0, 0.05) is 30.7 Å². The van der Waals surface area contributed by atoms with Crippen molar-refractivity contribution in [2.24, 2.45) is 5.41 Å². The maximum atomic E-state index is 12.6. The van der Waals surface area contributed by atoms with Crippen molar-refractivity contribution in [3.8, 4) is 0 Å². The highest BCUT2D eigenvalue weighted by Crippen LogP contribution is 2.61. The average molecular weight is 856 g/mol. The summed E-state index contributed by atoms with van der Waals surface area (Å²) in [7, 11) is -16.4. The van der Waals surface area contributed by atoms with Crippen LogP contribution in [0.2, 0.25) is 0 Å². The first-order chi connectivity index (χ1) is 24.9. The third-order valence-corrected chi connectivity index (χ3v) is 11.2. The number of anilines is 3. The number of carbonyl (C=O) groups is 4. The molecule has 2 aliphatic heterocycles. The molecule has 2 amide bonds. The van der Waals surface area contributed by atoms with Gasteiger partial charge in [0.1, 0.15) is 42.9 Å². The summed E-state index contributed by atoms with van der Waals surface area (Å²) in [6.45, 7) is 0.0909. The van der Waals surface area contributed by atoms with E-state index >= 15 is 0 Å². The predicted octanol–water partition coefficient (Wildman–Crippen LogP) is -2.19. The summed E-state index contributed by atoms with van der Waals surface area (Å²) in [5.41, 5.74) is 4.41. The van der Waals surface area contributed by atoms with Crippen LogP contribution < -0.4 is 26.6 Å². The molecular formula is C24H40N7O19P3S. The Labute approximate surface area is 309 Å². The van der Waals surface area contributed by atoms with Crippen LogP contribution in [-0.2, 0) is 55.5 Å². The summed E-state index contributed by atoms with van der Waals surface area (Å²) in [6.07, 6.45) is -8.63. The van der Waals surface area contributed by atoms with E-state index in [1.165, 1.54) is 18.7 Å². The number of nitrogen functional groups attached to an aromatic ring is 1. The number of nitrogens with zero attached hydrogens (tertiary/aromatic N) is 3. The molecule has 0 aliphatic carbocycles. The van der Waals surface area contributed by atoms with Crippen LogP contribution in [0.4, 0.5) is 17.3 Å². The van der Waals surface area contributed by atoms with Crippen LogP contribution in [0, 0.1) is 5.41 Å². The van der Waals surface area contributed by atoms with Gasteiger partial charge in [0.25, 0.3) is 0 Å². The lowest BCUT2D eigenvalue weighted by atomic mass is 9.87. The van der Waals surface area contributed by atoms with Crippen LogP contribution in [0.15, 0.2) is 6.33 Å². The van der Waals surface area contributed by atoms with E-state index in [-0.39, 0.29) is 49.3 Å². The van der Waals surface area contributed by atoms with Gasteiger partial charge in [-0.05, 0) is 0 Å². The molecule has 1 aromatic rings. The largest absolute Gasteiger partial charge is 0.481 e. The number of aliphatic hydroxyl groups excluding tert-OH is 2. The lowest BCUT2D eigenvalue weighted by molar-refractivity contribution is -0.139. The molecule has 306 valence electrons. The van der Waals surface area contributed by atoms with E-state index in [4.69, 9.17) is 24.6 Å². The molecule has 1 saturated heterocycles. The number of aliphatic hydroxyl groups is 2. The second kappa shape index (κ2) is 18.9. The third-order valence-electron chi connectivity index (χ3n) is 7.26. The second-order valence-electron chi connectivity index (χ2n) is 12.0. The molecule has 7 atom stereocenters. The number of hydrogen-bond donors (Lipinski definition) is 11. The molecule has 0 saturated carbocycles. The molecule has 0 radical (unpaired) electrons. The van der Waals surface area contributed by atoms with E-state index in [0.717, 1.165) is 18.1 Å². The minimum atomic E-state index is -5.57. The van der Waals surface area contributed by atoms with Gasteiger partial charge < -0.3 is 66.2 Å². The van der Waals surface area contributed by atoms with E-state index in [0.29, 0.717) is 0 Å². The Morgan fingerprint density at radius 2 is 1.78 bits per heavy atom. The number of thioether (sulfide) groups is 1. The zero-order valence-corrected chi connectivity index (χ0v) is 31.8. The maximum absolute atomic E-state index is 12.6. The number of carboxylic acid groups (broad SMARTS) is 1. The smallest absolute Gasteiger partial charge is 0.481 e. The van der Waals surface area contributed by atoms with Crippen LogP contribution in [-0.4, -0.2) is 137 Å². The number of carbonyl (C=O) groups excluding carboxylic acids is 3. The Bertz CT molecular complexity index is 1690. The molecule has 30 heteroatoms. The van der Waals surface area contributed by atoms with Crippen LogP contribution in [0.25, 0.3) is 0 Å². The van der Waals surface area contributed by atoms with Crippen LogP contribution in [0.3, 0.4) is 0 Å². The first-order valence-corrected chi connectivity index (χ1v) is 20.9. The molecular weight excluding hydrogens is 815 g/mol. The van der Waals surface area contributed by atoms with E-state index in [2.05, 4.69) is 34.8 Å². The van der Waals surface area contributed by atoms with Crippen molar-refractivity contribution in [1.82, 2.24) is 20.6 Å². The SMILES string of the molecule is CC(C)(COP(=O)(O)OP(=O)(O)OC[C@H]1O[C@@H](N2CNc3c(N)ncnc32)[C@H](O)[C@@H]1OP(=O)(O)O)[C@@H](O)C(=O)NCCC(=O)NCCSC(=O)CC(=O)O. The molecule has 3 rings (SSSR count). The quantitative estimate of drug-likeness (QED) is 0.0355. The first kappa shape index (κ1) is 45.5. The topological polar surface area (TPSA) is 398 Å². The fourth-order valence-corrected chi connectivity index (χ4v) is 8.15. The van der Waals surface area contributed by atoms with Gasteiger partial charge in [-0.2, -0.15) is 4.31 Å². The van der Waals surface area contributed by atoms with Gasteiger partial charge in [-0.15, -0.1) is 0 Å². The summed E-state index contributed by atoms with van der Waals surface area (Å²) < 4.78 is 60.9. The fraction of sp³-hybridized carbons (Fsp3) is 0.667. The number of rotatable bonds is 21. The van der Waals surface area contributed by atoms with Crippen molar-refractivity contribution >= 4 is 75.5 Å². The Hall–Kier alpha value is -2.84. The van der Waals surface area contributed by atoms with Gasteiger partial charge in [0.2, 0.25) is 11.8 Å². The van der Waals surface area contributed by atoms with Gasteiger partial charge in [-0.3, -0.25) is 32.7 Å². The summed E-state index contributed by atoms with van der Waals surface area (Å²) in [6, 6.07) is 0. The molecule has 0 spiro atoms. The number of hydrogen-bond acceptors (Lipinski definition) is 20. The number of phosphoric ester groups is 3. The van der Waals surface area contributed by atoms with Gasteiger partial charge in [-0.1, -0.05) is 25.6 Å².